The molecule has 0 bridgehead atoms. The zero-order valence-electron chi connectivity index (χ0n) is 16.1. The zero-order valence-corrected chi connectivity index (χ0v) is 16.1. The fourth-order valence-electron chi connectivity index (χ4n) is 4.05. The average Bonchev–Trinajstić information content (AvgIpc) is 2.75. The first kappa shape index (κ1) is 18.5. The number of piperidine rings is 1. The molecule has 0 aliphatic carbocycles. The lowest BCUT2D eigenvalue weighted by Crippen LogP contribution is -2.41. The van der Waals surface area contributed by atoms with Gasteiger partial charge in [-0.3, -0.25) is 4.90 Å². The zero-order chi connectivity index (χ0) is 18.3. The highest BCUT2D eigenvalue weighted by molar-refractivity contribution is 5.47. The predicted octanol–water partition coefficient (Wildman–Crippen LogP) is 3.28. The van der Waals surface area contributed by atoms with Crippen LogP contribution in [0.25, 0.3) is 0 Å². The van der Waals surface area contributed by atoms with Crippen LogP contribution in [0.3, 0.4) is 0 Å². The highest BCUT2D eigenvalue weighted by atomic mass is 16.5. The highest BCUT2D eigenvalue weighted by Crippen LogP contribution is 2.18. The van der Waals surface area contributed by atoms with Crippen molar-refractivity contribution in [3.05, 3.63) is 65.7 Å². The Hall–Kier alpha value is -1.88. The molecule has 27 heavy (non-hydrogen) atoms. The van der Waals surface area contributed by atoms with Crippen molar-refractivity contribution in [2.45, 2.75) is 32.0 Å². The van der Waals surface area contributed by atoms with Gasteiger partial charge in [-0.15, -0.1) is 0 Å². The monoisotopic (exact) mass is 365 g/mol. The molecule has 0 spiro atoms. The van der Waals surface area contributed by atoms with Crippen LogP contribution in [-0.2, 0) is 17.8 Å². The Balaban J connectivity index is 1.19. The van der Waals surface area contributed by atoms with E-state index in [2.05, 4.69) is 69.7 Å². The summed E-state index contributed by atoms with van der Waals surface area (Å²) >= 11 is 0. The molecule has 2 aliphatic rings. The van der Waals surface area contributed by atoms with Crippen LogP contribution >= 0.6 is 0 Å². The van der Waals surface area contributed by atoms with Gasteiger partial charge in [-0.2, -0.15) is 0 Å². The van der Waals surface area contributed by atoms with Gasteiger partial charge in [0.1, 0.15) is 0 Å². The summed E-state index contributed by atoms with van der Waals surface area (Å²) in [5, 5.41) is 3.76. The maximum Gasteiger partial charge on any atom is 0.0642 e. The second-order valence-electron chi connectivity index (χ2n) is 7.68. The van der Waals surface area contributed by atoms with E-state index in [0.717, 1.165) is 39.4 Å². The minimum Gasteiger partial charge on any atom is -0.378 e. The van der Waals surface area contributed by atoms with Crippen LogP contribution in [0, 0.1) is 0 Å². The Kier molecular flexibility index (Phi) is 6.40. The number of ether oxygens (including phenoxy) is 1. The molecular weight excluding hydrogens is 334 g/mol. The third-order valence-electron chi connectivity index (χ3n) is 5.74. The molecule has 0 unspecified atom stereocenters. The number of nitrogens with zero attached hydrogens (tertiary/aromatic N) is 2. The second-order valence-corrected chi connectivity index (χ2v) is 7.68. The molecule has 0 atom stereocenters. The molecule has 0 amide bonds. The Morgan fingerprint density at radius 2 is 1.52 bits per heavy atom. The van der Waals surface area contributed by atoms with Gasteiger partial charge < -0.3 is 15.0 Å². The van der Waals surface area contributed by atoms with Crippen molar-refractivity contribution in [2.24, 2.45) is 0 Å². The van der Waals surface area contributed by atoms with Crippen LogP contribution in [0.2, 0.25) is 0 Å². The number of hydrogen-bond donors (Lipinski definition) is 1. The van der Waals surface area contributed by atoms with E-state index < -0.39 is 0 Å². The molecular formula is C23H31N3O. The number of rotatable bonds is 6. The van der Waals surface area contributed by atoms with Crippen molar-refractivity contribution in [2.75, 3.05) is 44.3 Å². The van der Waals surface area contributed by atoms with Crippen LogP contribution in [0.1, 0.15) is 24.0 Å². The van der Waals surface area contributed by atoms with Crippen molar-refractivity contribution in [3.8, 4) is 0 Å². The van der Waals surface area contributed by atoms with E-state index >= 15 is 0 Å². The number of anilines is 1. The fraction of sp³-hybridized carbons (Fsp3) is 0.478. The third kappa shape index (κ3) is 5.32. The predicted molar refractivity (Wildman–Crippen MR) is 111 cm³/mol. The van der Waals surface area contributed by atoms with Crippen LogP contribution < -0.4 is 10.2 Å². The first-order valence-corrected chi connectivity index (χ1v) is 10.3. The first-order valence-electron chi connectivity index (χ1n) is 10.3. The van der Waals surface area contributed by atoms with Gasteiger partial charge in [0.2, 0.25) is 0 Å². The van der Waals surface area contributed by atoms with E-state index in [1.807, 2.05) is 0 Å². The molecule has 0 radical (unpaired) electrons. The van der Waals surface area contributed by atoms with Crippen LogP contribution in [0.5, 0.6) is 0 Å². The van der Waals surface area contributed by atoms with Crippen molar-refractivity contribution < 1.29 is 4.74 Å². The minimum atomic E-state index is 0.635. The molecule has 1 N–H and O–H groups in total. The molecule has 0 saturated carbocycles. The molecule has 4 nitrogen and oxygen atoms in total. The first-order chi connectivity index (χ1) is 13.4. The SMILES string of the molecule is c1ccc(CN2CCC(NCc3ccc(N4CCOCC4)cc3)CC2)cc1. The van der Waals surface area contributed by atoms with Gasteiger partial charge in [0.25, 0.3) is 0 Å². The smallest absolute Gasteiger partial charge is 0.0642 e. The van der Waals surface area contributed by atoms with Crippen LogP contribution in [0.4, 0.5) is 5.69 Å². The molecule has 2 saturated heterocycles. The number of hydrogen-bond acceptors (Lipinski definition) is 4. The van der Waals surface area contributed by atoms with Crippen molar-refractivity contribution in [3.63, 3.8) is 0 Å². The molecule has 2 aliphatic heterocycles. The summed E-state index contributed by atoms with van der Waals surface area (Å²) in [6, 6.07) is 20.5. The van der Waals surface area contributed by atoms with E-state index in [-0.39, 0.29) is 0 Å². The second kappa shape index (κ2) is 9.36. The van der Waals surface area contributed by atoms with Gasteiger partial charge in [0.15, 0.2) is 0 Å². The molecule has 0 aromatic heterocycles. The maximum absolute atomic E-state index is 5.44. The van der Waals surface area contributed by atoms with Gasteiger partial charge in [0, 0.05) is 37.9 Å². The van der Waals surface area contributed by atoms with Crippen molar-refractivity contribution >= 4 is 5.69 Å². The van der Waals surface area contributed by atoms with E-state index in [4.69, 9.17) is 4.74 Å². The molecule has 2 aromatic carbocycles. The molecule has 2 fully saturated rings. The van der Waals surface area contributed by atoms with Gasteiger partial charge in [0.05, 0.1) is 13.2 Å². The van der Waals surface area contributed by atoms with Gasteiger partial charge >= 0.3 is 0 Å². The molecule has 144 valence electrons. The standard InChI is InChI=1S/C23H31N3O/c1-2-4-21(5-3-1)19-25-12-10-22(11-13-25)24-18-20-6-8-23(9-7-20)26-14-16-27-17-15-26/h1-9,22,24H,10-19H2. The summed E-state index contributed by atoms with van der Waals surface area (Å²) in [6.45, 7) is 8.09. The van der Waals surface area contributed by atoms with Crippen LogP contribution in [0.15, 0.2) is 54.6 Å². The summed E-state index contributed by atoms with van der Waals surface area (Å²) in [6.07, 6.45) is 2.47. The largest absolute Gasteiger partial charge is 0.378 e. The van der Waals surface area contributed by atoms with Crippen molar-refractivity contribution in [1.29, 1.82) is 0 Å². The van der Waals surface area contributed by atoms with E-state index in [0.29, 0.717) is 6.04 Å². The number of likely N-dealkylation sites (tertiary alicyclic amines) is 1. The van der Waals surface area contributed by atoms with E-state index in [1.165, 1.54) is 42.7 Å². The van der Waals surface area contributed by atoms with Gasteiger partial charge in [-0.25, -0.2) is 0 Å². The summed E-state index contributed by atoms with van der Waals surface area (Å²) in [7, 11) is 0. The lowest BCUT2D eigenvalue weighted by Gasteiger charge is -2.32. The lowest BCUT2D eigenvalue weighted by atomic mass is 10.0. The normalized spacial score (nSPS) is 19.3. The highest BCUT2D eigenvalue weighted by Gasteiger charge is 2.18. The van der Waals surface area contributed by atoms with E-state index in [1.54, 1.807) is 0 Å². The summed E-state index contributed by atoms with van der Waals surface area (Å²) in [5.41, 5.74) is 4.11. The molecule has 4 rings (SSSR count). The molecule has 4 heteroatoms. The Labute approximate surface area is 163 Å². The fourth-order valence-corrected chi connectivity index (χ4v) is 4.05. The Bertz CT molecular complexity index is 675. The summed E-state index contributed by atoms with van der Waals surface area (Å²) < 4.78 is 5.44. The number of morpholine rings is 1. The topological polar surface area (TPSA) is 27.7 Å². The van der Waals surface area contributed by atoms with Crippen LogP contribution in [-0.4, -0.2) is 50.3 Å². The number of benzene rings is 2. The summed E-state index contributed by atoms with van der Waals surface area (Å²) in [5.74, 6) is 0. The lowest BCUT2D eigenvalue weighted by molar-refractivity contribution is 0.122. The van der Waals surface area contributed by atoms with Crippen molar-refractivity contribution in [1.82, 2.24) is 10.2 Å². The molecule has 2 heterocycles. The van der Waals surface area contributed by atoms with Gasteiger partial charge in [-0.05, 0) is 49.2 Å². The van der Waals surface area contributed by atoms with Gasteiger partial charge in [-0.1, -0.05) is 42.5 Å². The van der Waals surface area contributed by atoms with E-state index in [9.17, 15) is 0 Å². The molecule has 2 aromatic rings. The maximum atomic E-state index is 5.44. The minimum absolute atomic E-state index is 0.635. The Morgan fingerprint density at radius 3 is 2.22 bits per heavy atom. The quantitative estimate of drug-likeness (QED) is 0.850. The third-order valence-corrected chi connectivity index (χ3v) is 5.74. The summed E-state index contributed by atoms with van der Waals surface area (Å²) in [4.78, 5) is 4.98. The number of nitrogens with one attached hydrogen (secondary N) is 1. The Morgan fingerprint density at radius 1 is 0.815 bits per heavy atom. The average molecular weight is 366 g/mol.